The first-order valence-corrected chi connectivity index (χ1v) is 14.3. The maximum atomic E-state index is 12.9. The molecule has 1 atom stereocenters. The quantitative estimate of drug-likeness (QED) is 0.585. The normalized spacial score (nSPS) is 17.5. The number of amides is 1. The van der Waals surface area contributed by atoms with Crippen molar-refractivity contribution in [1.29, 1.82) is 0 Å². The van der Waals surface area contributed by atoms with Gasteiger partial charge in [-0.3, -0.25) is 9.10 Å². The molecule has 8 nitrogen and oxygen atoms in total. The summed E-state index contributed by atoms with van der Waals surface area (Å²) >= 11 is 11.9. The highest BCUT2D eigenvalue weighted by Gasteiger charge is 2.32. The van der Waals surface area contributed by atoms with Crippen molar-refractivity contribution in [2.75, 3.05) is 36.0 Å². The van der Waals surface area contributed by atoms with Crippen LogP contribution in [-0.4, -0.2) is 53.4 Å². The Bertz CT molecular complexity index is 1250. The molecule has 1 unspecified atom stereocenters. The zero-order chi connectivity index (χ0) is 24.4. The number of sulfonamides is 2. The molecule has 180 valence electrons. The van der Waals surface area contributed by atoms with Gasteiger partial charge in [0, 0.05) is 25.8 Å². The first-order chi connectivity index (χ1) is 15.4. The molecule has 33 heavy (non-hydrogen) atoms. The molecule has 12 heteroatoms. The van der Waals surface area contributed by atoms with Crippen LogP contribution in [0.25, 0.3) is 0 Å². The van der Waals surface area contributed by atoms with Gasteiger partial charge in [0.25, 0.3) is 0 Å². The Labute approximate surface area is 204 Å². The zero-order valence-electron chi connectivity index (χ0n) is 18.2. The van der Waals surface area contributed by atoms with E-state index in [0.717, 1.165) is 10.6 Å². The fraction of sp³-hybridized carbons (Fsp3) is 0.381. The fourth-order valence-corrected chi connectivity index (χ4v) is 5.97. The number of anilines is 2. The second kappa shape index (κ2) is 10.2. The van der Waals surface area contributed by atoms with Gasteiger partial charge >= 0.3 is 0 Å². The van der Waals surface area contributed by atoms with E-state index in [1.807, 2.05) is 0 Å². The van der Waals surface area contributed by atoms with Crippen LogP contribution in [0, 0.1) is 5.92 Å². The number of halogens is 2. The number of piperidine rings is 1. The molecule has 0 aliphatic carbocycles. The van der Waals surface area contributed by atoms with Crippen molar-refractivity contribution in [3.63, 3.8) is 0 Å². The second-order valence-electron chi connectivity index (χ2n) is 7.97. The summed E-state index contributed by atoms with van der Waals surface area (Å²) in [5.74, 6) is -1.08. The highest BCUT2D eigenvalue weighted by Crippen LogP contribution is 2.27. The van der Waals surface area contributed by atoms with Crippen LogP contribution in [0.15, 0.2) is 42.5 Å². The first-order valence-electron chi connectivity index (χ1n) is 10.1. The lowest BCUT2D eigenvalue weighted by atomic mass is 9.98. The van der Waals surface area contributed by atoms with Crippen LogP contribution < -0.4 is 9.62 Å². The van der Waals surface area contributed by atoms with Gasteiger partial charge in [0.05, 0.1) is 33.7 Å². The number of rotatable bonds is 7. The Morgan fingerprint density at radius 2 is 1.85 bits per heavy atom. The number of carbonyl (C=O) groups excluding carboxylic acids is 1. The minimum Gasteiger partial charge on any atom is -0.326 e. The van der Waals surface area contributed by atoms with E-state index in [-0.39, 0.29) is 23.2 Å². The first kappa shape index (κ1) is 25.8. The number of benzene rings is 2. The van der Waals surface area contributed by atoms with Crippen LogP contribution >= 0.6 is 23.2 Å². The lowest BCUT2D eigenvalue weighted by Crippen LogP contribution is -2.44. The molecule has 2 aromatic carbocycles. The SMILES string of the molecule is CN(c1cccc(NC(=O)C2CCCN(S(=O)(=O)Cc3ccc(Cl)c(Cl)c3)C2)c1)S(C)(=O)=O. The molecule has 0 saturated carbocycles. The van der Waals surface area contributed by atoms with E-state index < -0.39 is 26.0 Å². The summed E-state index contributed by atoms with van der Waals surface area (Å²) in [4.78, 5) is 12.9. The molecular weight excluding hydrogens is 509 g/mol. The van der Waals surface area contributed by atoms with Gasteiger partial charge in [-0.15, -0.1) is 0 Å². The van der Waals surface area contributed by atoms with Crippen molar-refractivity contribution in [3.05, 3.63) is 58.1 Å². The highest BCUT2D eigenvalue weighted by atomic mass is 35.5. The molecule has 0 bridgehead atoms. The van der Waals surface area contributed by atoms with E-state index in [1.54, 1.807) is 36.4 Å². The van der Waals surface area contributed by atoms with E-state index in [4.69, 9.17) is 23.2 Å². The van der Waals surface area contributed by atoms with Gasteiger partial charge in [0.1, 0.15) is 0 Å². The summed E-state index contributed by atoms with van der Waals surface area (Å²) in [7, 11) is -5.68. The summed E-state index contributed by atoms with van der Waals surface area (Å²) in [6.07, 6.45) is 2.19. The lowest BCUT2D eigenvalue weighted by molar-refractivity contribution is -0.120. The molecule has 3 rings (SSSR count). The maximum absolute atomic E-state index is 12.9. The zero-order valence-corrected chi connectivity index (χ0v) is 21.3. The molecule has 1 aliphatic heterocycles. The van der Waals surface area contributed by atoms with Crippen molar-refractivity contribution in [3.8, 4) is 0 Å². The minimum atomic E-state index is -3.66. The van der Waals surface area contributed by atoms with E-state index in [2.05, 4.69) is 5.32 Å². The Morgan fingerprint density at radius 1 is 1.12 bits per heavy atom. The summed E-state index contributed by atoms with van der Waals surface area (Å²) in [6.45, 7) is 0.403. The lowest BCUT2D eigenvalue weighted by Gasteiger charge is -2.31. The van der Waals surface area contributed by atoms with Crippen LogP contribution in [-0.2, 0) is 30.6 Å². The molecule has 0 aromatic heterocycles. The maximum Gasteiger partial charge on any atom is 0.231 e. The van der Waals surface area contributed by atoms with Gasteiger partial charge < -0.3 is 5.32 Å². The Kier molecular flexibility index (Phi) is 7.95. The molecule has 1 fully saturated rings. The van der Waals surface area contributed by atoms with Crippen LogP contribution in [0.5, 0.6) is 0 Å². The van der Waals surface area contributed by atoms with E-state index in [0.29, 0.717) is 41.3 Å². The minimum absolute atomic E-state index is 0.0679. The van der Waals surface area contributed by atoms with Crippen LogP contribution in [0.4, 0.5) is 11.4 Å². The molecule has 0 spiro atoms. The van der Waals surface area contributed by atoms with Crippen molar-refractivity contribution in [2.45, 2.75) is 18.6 Å². The average Bonchev–Trinajstić information content (AvgIpc) is 2.75. The van der Waals surface area contributed by atoms with Crippen LogP contribution in [0.1, 0.15) is 18.4 Å². The highest BCUT2D eigenvalue weighted by molar-refractivity contribution is 7.92. The summed E-state index contributed by atoms with van der Waals surface area (Å²) in [5, 5.41) is 3.41. The molecule has 1 heterocycles. The number of carbonyl (C=O) groups is 1. The largest absolute Gasteiger partial charge is 0.326 e. The second-order valence-corrected chi connectivity index (χ2v) is 12.8. The predicted octanol–water partition coefficient (Wildman–Crippen LogP) is 3.57. The smallest absolute Gasteiger partial charge is 0.231 e. The topological polar surface area (TPSA) is 104 Å². The van der Waals surface area contributed by atoms with Gasteiger partial charge in [0.15, 0.2) is 0 Å². The van der Waals surface area contributed by atoms with Crippen LogP contribution in [0.3, 0.4) is 0 Å². The molecule has 1 saturated heterocycles. The van der Waals surface area contributed by atoms with Crippen molar-refractivity contribution < 1.29 is 21.6 Å². The van der Waals surface area contributed by atoms with E-state index in [9.17, 15) is 21.6 Å². The Hall–Kier alpha value is -1.85. The molecule has 1 N–H and O–H groups in total. The van der Waals surface area contributed by atoms with Crippen molar-refractivity contribution >= 4 is 60.5 Å². The molecule has 1 amide bonds. The molecule has 1 aliphatic rings. The van der Waals surface area contributed by atoms with Gasteiger partial charge in [-0.05, 0) is 48.7 Å². The third kappa shape index (κ3) is 6.60. The number of hydrogen-bond acceptors (Lipinski definition) is 5. The average molecular weight is 534 g/mol. The van der Waals surface area contributed by atoms with Gasteiger partial charge in [-0.25, -0.2) is 21.1 Å². The Balaban J connectivity index is 1.68. The number of nitrogens with one attached hydrogen (secondary N) is 1. The summed E-state index contributed by atoms with van der Waals surface area (Å²) in [5.41, 5.74) is 1.36. The van der Waals surface area contributed by atoms with Gasteiger partial charge in [0.2, 0.25) is 26.0 Å². The molecule has 0 radical (unpaired) electrons. The summed E-state index contributed by atoms with van der Waals surface area (Å²) < 4.78 is 51.9. The van der Waals surface area contributed by atoms with Crippen molar-refractivity contribution in [1.82, 2.24) is 4.31 Å². The molecule has 2 aromatic rings. The monoisotopic (exact) mass is 533 g/mol. The predicted molar refractivity (Wildman–Crippen MR) is 132 cm³/mol. The van der Waals surface area contributed by atoms with Crippen LogP contribution in [0.2, 0.25) is 10.0 Å². The van der Waals surface area contributed by atoms with Gasteiger partial charge in [-0.1, -0.05) is 35.3 Å². The molecular formula is C21H25Cl2N3O5S2. The van der Waals surface area contributed by atoms with E-state index >= 15 is 0 Å². The standard InChI is InChI=1S/C21H25Cl2N3O5S2/c1-25(32(2,28)29)18-7-3-6-17(12-18)24-21(27)16-5-4-10-26(13-16)33(30,31)14-15-8-9-19(22)20(23)11-15/h3,6-9,11-12,16H,4-5,10,13-14H2,1-2H3,(H,24,27). The fourth-order valence-electron chi connectivity index (χ4n) is 3.56. The third-order valence-electron chi connectivity index (χ3n) is 5.46. The van der Waals surface area contributed by atoms with Gasteiger partial charge in [-0.2, -0.15) is 0 Å². The Morgan fingerprint density at radius 3 is 2.52 bits per heavy atom. The number of hydrogen-bond donors (Lipinski definition) is 1. The third-order valence-corrected chi connectivity index (χ3v) is 9.22. The van der Waals surface area contributed by atoms with E-state index in [1.165, 1.54) is 17.4 Å². The van der Waals surface area contributed by atoms with Crippen molar-refractivity contribution in [2.24, 2.45) is 5.92 Å². The summed E-state index contributed by atoms with van der Waals surface area (Å²) in [6, 6.07) is 11.2. The number of nitrogens with zero attached hydrogens (tertiary/aromatic N) is 2.